The van der Waals surface area contributed by atoms with Gasteiger partial charge in [0.15, 0.2) is 0 Å². The van der Waals surface area contributed by atoms with Gasteiger partial charge in [-0.05, 0) is 46.5 Å². The second-order valence-corrected chi connectivity index (χ2v) is 10.3. The summed E-state index contributed by atoms with van der Waals surface area (Å²) in [4.78, 5) is 78.2. The van der Waals surface area contributed by atoms with Crippen LogP contribution in [0.3, 0.4) is 0 Å². The third-order valence-electron chi connectivity index (χ3n) is 7.18. The molecule has 12 heteroatoms. The minimum absolute atomic E-state index is 0.0768. The van der Waals surface area contributed by atoms with Crippen LogP contribution in [-0.4, -0.2) is 78.5 Å². The first-order valence-corrected chi connectivity index (χ1v) is 13.9. The van der Waals surface area contributed by atoms with E-state index in [1.165, 1.54) is 17.7 Å². The van der Waals surface area contributed by atoms with Crippen LogP contribution in [0.5, 0.6) is 0 Å². The van der Waals surface area contributed by atoms with E-state index in [9.17, 15) is 28.8 Å². The van der Waals surface area contributed by atoms with Crippen molar-refractivity contribution in [3.8, 4) is 0 Å². The molecular formula is C33H42O12. The standard InChI is InChI=1S/C33H42O12/c1-21(2)12-10-13-22(3)14-11-15-32(23(28(36)42-6)18-26(34)40-4)16-17-33(31(39)45-9,25(20-32)30(38)44-8)24(29(37)43-7)19-27(35)41-5/h12,14,16-20H,10-11,13,15H2,1-9H3/b22-14+,23-18+,24-19+. The molecule has 0 aromatic rings. The summed E-state index contributed by atoms with van der Waals surface area (Å²) in [6.07, 6.45) is 11.4. The predicted octanol–water partition coefficient (Wildman–Crippen LogP) is 3.82. The van der Waals surface area contributed by atoms with Crippen molar-refractivity contribution < 1.29 is 57.2 Å². The normalized spacial score (nSPS) is 19.8. The Morgan fingerprint density at radius 2 is 1.22 bits per heavy atom. The van der Waals surface area contributed by atoms with E-state index < -0.39 is 57.8 Å². The average molecular weight is 631 g/mol. The van der Waals surface area contributed by atoms with Gasteiger partial charge in [-0.1, -0.05) is 41.5 Å². The van der Waals surface area contributed by atoms with Crippen LogP contribution in [0.1, 0.15) is 46.5 Å². The van der Waals surface area contributed by atoms with Crippen LogP contribution in [0.2, 0.25) is 0 Å². The Morgan fingerprint density at radius 1 is 0.667 bits per heavy atom. The zero-order valence-corrected chi connectivity index (χ0v) is 27.3. The Bertz CT molecular complexity index is 1350. The molecule has 45 heavy (non-hydrogen) atoms. The van der Waals surface area contributed by atoms with Crippen molar-refractivity contribution in [2.24, 2.45) is 10.8 Å². The van der Waals surface area contributed by atoms with Gasteiger partial charge >= 0.3 is 35.8 Å². The minimum atomic E-state index is -2.39. The maximum atomic E-state index is 13.6. The monoisotopic (exact) mass is 630 g/mol. The molecule has 1 aliphatic carbocycles. The molecule has 0 aliphatic heterocycles. The summed E-state index contributed by atoms with van der Waals surface area (Å²) in [5.74, 6) is -6.29. The number of rotatable bonds is 14. The number of carbonyl (C=O) groups excluding carboxylic acids is 6. The molecule has 0 saturated heterocycles. The van der Waals surface area contributed by atoms with Crippen LogP contribution >= 0.6 is 0 Å². The predicted molar refractivity (Wildman–Crippen MR) is 162 cm³/mol. The summed E-state index contributed by atoms with van der Waals surface area (Å²) in [5.41, 5.74) is -3.11. The van der Waals surface area contributed by atoms with E-state index in [4.69, 9.17) is 23.7 Å². The molecule has 1 rings (SSSR count). The Hall–Kier alpha value is -4.74. The maximum absolute atomic E-state index is 13.6. The highest BCUT2D eigenvalue weighted by Crippen LogP contribution is 2.50. The summed E-state index contributed by atoms with van der Waals surface area (Å²) < 4.78 is 29.3. The molecule has 0 fully saturated rings. The van der Waals surface area contributed by atoms with Crippen LogP contribution in [0.25, 0.3) is 0 Å². The Morgan fingerprint density at radius 3 is 1.71 bits per heavy atom. The molecule has 0 aromatic heterocycles. The molecular weight excluding hydrogens is 588 g/mol. The molecule has 2 atom stereocenters. The fraction of sp³-hybridized carbons (Fsp3) is 0.455. The highest BCUT2D eigenvalue weighted by molar-refractivity contribution is 6.11. The molecule has 12 nitrogen and oxygen atoms in total. The highest BCUT2D eigenvalue weighted by Gasteiger charge is 2.55. The van der Waals surface area contributed by atoms with Gasteiger partial charge in [0, 0.05) is 17.6 Å². The van der Waals surface area contributed by atoms with E-state index in [0.29, 0.717) is 12.5 Å². The Kier molecular flexibility index (Phi) is 14.9. The summed E-state index contributed by atoms with van der Waals surface area (Å²) in [5, 5.41) is 0. The SMILES string of the molecule is COC(=O)/C=C(\C(=O)OC)C1(CC/C=C(\C)CCC=C(C)C)C=CC(C(=O)OC)(/C(=C/C(=O)OC)C(=O)OC)C(C(=O)OC)=C1. The first kappa shape index (κ1) is 38.3. The molecule has 0 amide bonds. The number of hydrogen-bond donors (Lipinski definition) is 0. The second kappa shape index (κ2) is 17.5. The van der Waals surface area contributed by atoms with E-state index >= 15 is 0 Å². The van der Waals surface area contributed by atoms with E-state index in [2.05, 4.69) is 10.8 Å². The van der Waals surface area contributed by atoms with Gasteiger partial charge in [-0.2, -0.15) is 0 Å². The first-order valence-electron chi connectivity index (χ1n) is 13.9. The van der Waals surface area contributed by atoms with Gasteiger partial charge in [0.1, 0.15) is 5.41 Å². The molecule has 2 unspecified atom stereocenters. The third kappa shape index (κ3) is 9.37. The van der Waals surface area contributed by atoms with E-state index in [0.717, 1.165) is 73.2 Å². The van der Waals surface area contributed by atoms with Gasteiger partial charge in [-0.25, -0.2) is 24.0 Å². The second-order valence-electron chi connectivity index (χ2n) is 10.3. The number of carbonyl (C=O) groups is 6. The van der Waals surface area contributed by atoms with Gasteiger partial charge in [0.05, 0.1) is 59.4 Å². The van der Waals surface area contributed by atoms with Crippen molar-refractivity contribution in [3.63, 3.8) is 0 Å². The molecule has 0 bridgehead atoms. The van der Waals surface area contributed by atoms with Gasteiger partial charge in [0.25, 0.3) is 0 Å². The van der Waals surface area contributed by atoms with Crippen molar-refractivity contribution in [2.45, 2.75) is 46.5 Å². The van der Waals surface area contributed by atoms with Gasteiger partial charge < -0.3 is 28.4 Å². The summed E-state index contributed by atoms with van der Waals surface area (Å²) >= 11 is 0. The number of methoxy groups -OCH3 is 6. The first-order chi connectivity index (χ1) is 21.2. The fourth-order valence-electron chi connectivity index (χ4n) is 4.79. The molecule has 1 aliphatic rings. The van der Waals surface area contributed by atoms with Crippen LogP contribution in [0.15, 0.2) is 70.4 Å². The van der Waals surface area contributed by atoms with Crippen molar-refractivity contribution in [1.29, 1.82) is 0 Å². The van der Waals surface area contributed by atoms with Crippen molar-refractivity contribution in [2.75, 3.05) is 42.7 Å². The Balaban J connectivity index is 4.21. The van der Waals surface area contributed by atoms with Crippen LogP contribution in [0.4, 0.5) is 0 Å². The molecule has 0 aromatic carbocycles. The molecule has 0 radical (unpaired) electrons. The smallest absolute Gasteiger partial charge is 0.335 e. The fourth-order valence-corrected chi connectivity index (χ4v) is 4.79. The number of esters is 6. The van der Waals surface area contributed by atoms with Gasteiger partial charge in [-0.3, -0.25) is 4.79 Å². The number of allylic oxidation sites excluding steroid dienone is 6. The van der Waals surface area contributed by atoms with Gasteiger partial charge in [0.2, 0.25) is 0 Å². The lowest BCUT2D eigenvalue weighted by molar-refractivity contribution is -0.152. The molecule has 246 valence electrons. The van der Waals surface area contributed by atoms with E-state index in [1.807, 2.05) is 26.8 Å². The number of ether oxygens (including phenoxy) is 6. The van der Waals surface area contributed by atoms with E-state index in [1.54, 1.807) is 0 Å². The van der Waals surface area contributed by atoms with Crippen molar-refractivity contribution >= 4 is 35.8 Å². The van der Waals surface area contributed by atoms with E-state index in [-0.39, 0.29) is 12.0 Å². The summed E-state index contributed by atoms with van der Waals surface area (Å²) in [6.45, 7) is 5.96. The number of hydrogen-bond acceptors (Lipinski definition) is 12. The minimum Gasteiger partial charge on any atom is -0.468 e. The summed E-state index contributed by atoms with van der Waals surface area (Å²) in [6, 6.07) is 0. The van der Waals surface area contributed by atoms with Crippen LogP contribution < -0.4 is 0 Å². The Labute approximate surface area is 263 Å². The largest absolute Gasteiger partial charge is 0.468 e. The molecule has 0 N–H and O–H groups in total. The molecule has 0 spiro atoms. The quantitative estimate of drug-likeness (QED) is 0.118. The lowest BCUT2D eigenvalue weighted by Crippen LogP contribution is -2.45. The topological polar surface area (TPSA) is 158 Å². The lowest BCUT2D eigenvalue weighted by atomic mass is 9.62. The zero-order chi connectivity index (χ0) is 34.4. The summed E-state index contributed by atoms with van der Waals surface area (Å²) in [7, 11) is 6.34. The molecule has 0 saturated carbocycles. The van der Waals surface area contributed by atoms with Gasteiger partial charge in [-0.15, -0.1) is 0 Å². The van der Waals surface area contributed by atoms with Crippen LogP contribution in [-0.2, 0) is 57.2 Å². The third-order valence-corrected chi connectivity index (χ3v) is 7.18. The van der Waals surface area contributed by atoms with Crippen molar-refractivity contribution in [3.05, 3.63) is 70.4 Å². The molecule has 0 heterocycles. The zero-order valence-electron chi connectivity index (χ0n) is 27.3. The highest BCUT2D eigenvalue weighted by atomic mass is 16.5. The lowest BCUT2D eigenvalue weighted by Gasteiger charge is -2.39. The van der Waals surface area contributed by atoms with Crippen LogP contribution in [0, 0.1) is 10.8 Å². The maximum Gasteiger partial charge on any atom is 0.335 e. The average Bonchev–Trinajstić information content (AvgIpc) is 3.04. The van der Waals surface area contributed by atoms with Crippen molar-refractivity contribution in [1.82, 2.24) is 0 Å².